The van der Waals surface area contributed by atoms with Crippen LogP contribution in [0.2, 0.25) is 0 Å². The number of aromatic nitrogens is 1. The minimum absolute atomic E-state index is 0.0328. The summed E-state index contributed by atoms with van der Waals surface area (Å²) in [6.45, 7) is 8.71. The molecule has 6 nitrogen and oxygen atoms in total. The molecule has 3 aromatic rings. The lowest BCUT2D eigenvalue weighted by Gasteiger charge is -2.15. The number of hydrogen-bond donors (Lipinski definition) is 1. The molecule has 1 fully saturated rings. The molecular weight excluding hydrogens is 438 g/mol. The van der Waals surface area contributed by atoms with Gasteiger partial charge in [-0.1, -0.05) is 44.2 Å². The van der Waals surface area contributed by atoms with Gasteiger partial charge in [0.25, 0.3) is 5.91 Å². The Morgan fingerprint density at radius 2 is 2.14 bits per heavy atom. The van der Waals surface area contributed by atoms with Gasteiger partial charge in [0.1, 0.15) is 24.0 Å². The van der Waals surface area contributed by atoms with Gasteiger partial charge < -0.3 is 19.4 Å². The number of carbonyl (C=O) groups is 1. The molecule has 0 unspecified atom stereocenters. The van der Waals surface area contributed by atoms with E-state index in [2.05, 4.69) is 54.9 Å². The molecule has 1 aromatic heterocycles. The summed E-state index contributed by atoms with van der Waals surface area (Å²) < 4.78 is 13.9. The van der Waals surface area contributed by atoms with E-state index in [1.165, 1.54) is 11.1 Å². The van der Waals surface area contributed by atoms with Crippen molar-refractivity contribution >= 4 is 22.9 Å². The van der Waals surface area contributed by atoms with Crippen LogP contribution in [-0.4, -0.2) is 36.3 Å². The second-order valence-electron chi connectivity index (χ2n) is 9.35. The van der Waals surface area contributed by atoms with Crippen molar-refractivity contribution in [2.75, 3.05) is 19.8 Å². The van der Waals surface area contributed by atoms with E-state index >= 15 is 0 Å². The summed E-state index contributed by atoms with van der Waals surface area (Å²) in [6, 6.07) is 16.4. The zero-order chi connectivity index (χ0) is 24.8. The highest BCUT2D eigenvalue weighted by Crippen LogP contribution is 2.28. The molecule has 0 saturated carbocycles. The van der Waals surface area contributed by atoms with E-state index in [9.17, 15) is 10.1 Å². The SMILES string of the molecule is Cc1ccc(C(C)C)c(OCCn2cc(/C=C(\C#N)C(=O)NC[C@H]3CCCO3)c3ccccc32)c1. The van der Waals surface area contributed by atoms with Crippen molar-refractivity contribution in [1.29, 1.82) is 5.26 Å². The Morgan fingerprint density at radius 3 is 2.89 bits per heavy atom. The maximum absolute atomic E-state index is 12.6. The second kappa shape index (κ2) is 11.2. The average Bonchev–Trinajstić information content (AvgIpc) is 3.49. The smallest absolute Gasteiger partial charge is 0.262 e. The summed E-state index contributed by atoms with van der Waals surface area (Å²) in [7, 11) is 0. The van der Waals surface area contributed by atoms with Crippen LogP contribution in [0.15, 0.2) is 54.2 Å². The molecule has 35 heavy (non-hydrogen) atoms. The molecule has 182 valence electrons. The molecule has 0 aliphatic carbocycles. The van der Waals surface area contributed by atoms with Crippen molar-refractivity contribution in [1.82, 2.24) is 9.88 Å². The van der Waals surface area contributed by atoms with Crippen LogP contribution in [0.5, 0.6) is 5.75 Å². The van der Waals surface area contributed by atoms with Gasteiger partial charge in [-0.15, -0.1) is 0 Å². The minimum Gasteiger partial charge on any atom is -0.491 e. The number of carbonyl (C=O) groups excluding carboxylic acids is 1. The fourth-order valence-electron chi connectivity index (χ4n) is 4.48. The number of nitrogens with zero attached hydrogens (tertiary/aromatic N) is 2. The molecule has 0 bridgehead atoms. The second-order valence-corrected chi connectivity index (χ2v) is 9.35. The van der Waals surface area contributed by atoms with Gasteiger partial charge in [-0.25, -0.2) is 0 Å². The van der Waals surface area contributed by atoms with Crippen LogP contribution >= 0.6 is 0 Å². The van der Waals surface area contributed by atoms with Crippen molar-refractivity contribution in [3.05, 3.63) is 70.9 Å². The van der Waals surface area contributed by atoms with Crippen LogP contribution in [0.4, 0.5) is 0 Å². The van der Waals surface area contributed by atoms with Crippen LogP contribution in [0.3, 0.4) is 0 Å². The number of ether oxygens (including phenoxy) is 2. The van der Waals surface area contributed by atoms with E-state index in [1.54, 1.807) is 6.08 Å². The number of nitrogens with one attached hydrogen (secondary N) is 1. The summed E-state index contributed by atoms with van der Waals surface area (Å²) in [4.78, 5) is 12.6. The molecule has 2 heterocycles. The third-order valence-electron chi connectivity index (χ3n) is 6.38. The number of aryl methyl sites for hydroxylation is 1. The number of rotatable bonds is 9. The third kappa shape index (κ3) is 5.93. The summed E-state index contributed by atoms with van der Waals surface area (Å²) in [5, 5.41) is 13.5. The Hall–Kier alpha value is -3.56. The van der Waals surface area contributed by atoms with Gasteiger partial charge in [0, 0.05) is 35.8 Å². The maximum atomic E-state index is 12.6. The normalized spacial score (nSPS) is 16.0. The quantitative estimate of drug-likeness (QED) is 0.337. The van der Waals surface area contributed by atoms with Gasteiger partial charge in [0.15, 0.2) is 0 Å². The van der Waals surface area contributed by atoms with Crippen LogP contribution < -0.4 is 10.1 Å². The van der Waals surface area contributed by atoms with E-state index in [-0.39, 0.29) is 17.6 Å². The Kier molecular flexibility index (Phi) is 7.89. The molecule has 6 heteroatoms. The molecule has 1 saturated heterocycles. The first kappa shape index (κ1) is 24.6. The Morgan fingerprint density at radius 1 is 1.31 bits per heavy atom. The molecule has 1 atom stereocenters. The molecule has 1 amide bonds. The predicted molar refractivity (Wildman–Crippen MR) is 138 cm³/mol. The first-order chi connectivity index (χ1) is 17.0. The third-order valence-corrected chi connectivity index (χ3v) is 6.38. The minimum atomic E-state index is -0.371. The highest BCUT2D eigenvalue weighted by molar-refractivity contribution is 6.04. The largest absolute Gasteiger partial charge is 0.491 e. The van der Waals surface area contributed by atoms with E-state index in [4.69, 9.17) is 9.47 Å². The molecule has 1 aliphatic rings. The van der Waals surface area contributed by atoms with E-state index in [0.717, 1.165) is 41.7 Å². The molecule has 0 spiro atoms. The average molecular weight is 472 g/mol. The number of fused-ring (bicyclic) bond motifs is 1. The maximum Gasteiger partial charge on any atom is 0.262 e. The van der Waals surface area contributed by atoms with Crippen LogP contribution in [-0.2, 0) is 16.1 Å². The zero-order valence-electron chi connectivity index (χ0n) is 20.7. The first-order valence-electron chi connectivity index (χ1n) is 12.3. The summed E-state index contributed by atoms with van der Waals surface area (Å²) in [5.41, 5.74) is 4.33. The molecule has 0 radical (unpaired) electrons. The number of hydrogen-bond acceptors (Lipinski definition) is 4. The predicted octanol–water partition coefficient (Wildman–Crippen LogP) is 5.35. The lowest BCUT2D eigenvalue weighted by Crippen LogP contribution is -2.32. The highest BCUT2D eigenvalue weighted by Gasteiger charge is 2.18. The van der Waals surface area contributed by atoms with E-state index in [1.807, 2.05) is 30.5 Å². The van der Waals surface area contributed by atoms with Crippen molar-refractivity contribution in [3.63, 3.8) is 0 Å². The monoisotopic (exact) mass is 471 g/mol. The van der Waals surface area contributed by atoms with Gasteiger partial charge in [0.2, 0.25) is 0 Å². The van der Waals surface area contributed by atoms with Crippen LogP contribution in [0, 0.1) is 18.3 Å². The number of nitriles is 1. The van der Waals surface area contributed by atoms with Crippen molar-refractivity contribution in [2.45, 2.75) is 52.2 Å². The number of benzene rings is 2. The Labute approximate surface area is 207 Å². The van der Waals surface area contributed by atoms with Gasteiger partial charge in [0.05, 0.1) is 12.6 Å². The van der Waals surface area contributed by atoms with Gasteiger partial charge >= 0.3 is 0 Å². The van der Waals surface area contributed by atoms with Crippen molar-refractivity contribution in [2.24, 2.45) is 0 Å². The zero-order valence-corrected chi connectivity index (χ0v) is 20.7. The standard InChI is InChI=1S/C29H33N3O3/c1-20(2)25-11-10-21(3)15-28(25)35-14-12-32-19-23(26-8-4-5-9-27(26)32)16-22(17-30)29(33)31-18-24-7-6-13-34-24/h4-5,8-11,15-16,19-20,24H,6-7,12-14,18H2,1-3H3,(H,31,33)/b22-16+/t24-/m1/s1. The fraction of sp³-hybridized carbons (Fsp3) is 0.379. The van der Waals surface area contributed by atoms with Crippen LogP contribution in [0.25, 0.3) is 17.0 Å². The Balaban J connectivity index is 1.51. The fourth-order valence-corrected chi connectivity index (χ4v) is 4.48. The summed E-state index contributed by atoms with van der Waals surface area (Å²) in [5.74, 6) is 0.931. The summed E-state index contributed by atoms with van der Waals surface area (Å²) in [6.07, 6.45) is 5.63. The Bertz CT molecular complexity index is 1260. The van der Waals surface area contributed by atoms with Gasteiger partial charge in [-0.2, -0.15) is 5.26 Å². The van der Waals surface area contributed by atoms with Gasteiger partial charge in [-0.3, -0.25) is 4.79 Å². The molecule has 1 aliphatic heterocycles. The van der Waals surface area contributed by atoms with E-state index in [0.29, 0.717) is 25.6 Å². The number of para-hydroxylation sites is 1. The highest BCUT2D eigenvalue weighted by atomic mass is 16.5. The van der Waals surface area contributed by atoms with Crippen molar-refractivity contribution < 1.29 is 14.3 Å². The molecule has 4 rings (SSSR count). The number of amides is 1. The van der Waals surface area contributed by atoms with E-state index < -0.39 is 0 Å². The molecule has 1 N–H and O–H groups in total. The lowest BCUT2D eigenvalue weighted by atomic mass is 10.0. The van der Waals surface area contributed by atoms with Crippen molar-refractivity contribution in [3.8, 4) is 11.8 Å². The molecular formula is C29H33N3O3. The summed E-state index contributed by atoms with van der Waals surface area (Å²) >= 11 is 0. The lowest BCUT2D eigenvalue weighted by molar-refractivity contribution is -0.117. The van der Waals surface area contributed by atoms with Gasteiger partial charge in [-0.05, 0) is 55.0 Å². The molecule has 2 aromatic carbocycles. The topological polar surface area (TPSA) is 76.3 Å². The van der Waals surface area contributed by atoms with Crippen LogP contribution in [0.1, 0.15) is 49.3 Å². The first-order valence-corrected chi connectivity index (χ1v) is 12.3.